The third-order valence-corrected chi connectivity index (χ3v) is 4.19. The highest BCUT2D eigenvalue weighted by atomic mass is 28.3. The van der Waals surface area contributed by atoms with Crippen molar-refractivity contribution in [2.45, 2.75) is 38.2 Å². The molecule has 0 spiro atoms. The van der Waals surface area contributed by atoms with E-state index in [1.807, 2.05) is 0 Å². The highest BCUT2D eigenvalue weighted by molar-refractivity contribution is 6.76. The predicted molar refractivity (Wildman–Crippen MR) is 62.6 cm³/mol. The van der Waals surface area contributed by atoms with E-state index in [0.717, 1.165) is 6.04 Å². The van der Waals surface area contributed by atoms with Crippen LogP contribution in [0.5, 0.6) is 0 Å². The van der Waals surface area contributed by atoms with Crippen LogP contribution < -0.4 is 0 Å². The van der Waals surface area contributed by atoms with Gasteiger partial charge in [-0.3, -0.25) is 0 Å². The monoisotopic (exact) mass is 225 g/mol. The Hall–Kier alpha value is -0.673. The first-order valence-electron chi connectivity index (χ1n) is 5.30. The summed E-state index contributed by atoms with van der Waals surface area (Å²) < 4.78 is 12.6. The molecule has 1 rings (SSSR count). The molecule has 0 aliphatic heterocycles. The van der Waals surface area contributed by atoms with Gasteiger partial charge in [-0.2, -0.15) is 0 Å². The summed E-state index contributed by atoms with van der Waals surface area (Å²) in [5.41, 5.74) is 0.703. The SMILES string of the molecule is C[Si](C)(C)CC[C@H]([O])c1ccc(F)cc1. The van der Waals surface area contributed by atoms with Crippen LogP contribution in [0.3, 0.4) is 0 Å². The molecule has 1 radical (unpaired) electrons. The van der Waals surface area contributed by atoms with Gasteiger partial charge in [0.2, 0.25) is 0 Å². The lowest BCUT2D eigenvalue weighted by molar-refractivity contribution is 0.0853. The maximum Gasteiger partial charge on any atom is 0.123 e. The predicted octanol–water partition coefficient (Wildman–Crippen LogP) is 4.03. The van der Waals surface area contributed by atoms with Gasteiger partial charge in [-0.05, 0) is 24.1 Å². The molecule has 83 valence electrons. The lowest BCUT2D eigenvalue weighted by Gasteiger charge is -2.17. The fourth-order valence-electron chi connectivity index (χ4n) is 1.41. The van der Waals surface area contributed by atoms with Gasteiger partial charge in [0, 0.05) is 8.07 Å². The Morgan fingerprint density at radius 3 is 2.20 bits per heavy atom. The van der Waals surface area contributed by atoms with Gasteiger partial charge in [0.1, 0.15) is 11.9 Å². The molecule has 0 N–H and O–H groups in total. The molecule has 0 fully saturated rings. The molecule has 15 heavy (non-hydrogen) atoms. The molecule has 0 aromatic heterocycles. The Bertz CT molecular complexity index is 302. The molecular weight excluding hydrogens is 207 g/mol. The third-order valence-electron chi connectivity index (χ3n) is 2.40. The average molecular weight is 225 g/mol. The van der Waals surface area contributed by atoms with Crippen molar-refractivity contribution in [1.82, 2.24) is 0 Å². The van der Waals surface area contributed by atoms with Gasteiger partial charge in [0.15, 0.2) is 0 Å². The molecule has 1 nitrogen and oxygen atoms in total. The number of halogens is 1. The van der Waals surface area contributed by atoms with Gasteiger partial charge in [-0.25, -0.2) is 9.50 Å². The smallest absolute Gasteiger partial charge is 0.123 e. The van der Waals surface area contributed by atoms with E-state index >= 15 is 0 Å². The molecule has 0 aliphatic rings. The summed E-state index contributed by atoms with van der Waals surface area (Å²) in [4.78, 5) is 0. The minimum atomic E-state index is -1.14. The van der Waals surface area contributed by atoms with E-state index < -0.39 is 14.2 Å². The summed E-state index contributed by atoms with van der Waals surface area (Å²) in [5.74, 6) is -0.281. The van der Waals surface area contributed by atoms with E-state index in [1.165, 1.54) is 12.1 Å². The van der Waals surface area contributed by atoms with Gasteiger partial charge in [0.05, 0.1) is 0 Å². The van der Waals surface area contributed by atoms with E-state index in [0.29, 0.717) is 12.0 Å². The lowest BCUT2D eigenvalue weighted by atomic mass is 10.1. The van der Waals surface area contributed by atoms with Crippen molar-refractivity contribution in [2.24, 2.45) is 0 Å². The number of hydrogen-bond acceptors (Lipinski definition) is 0. The molecular formula is C12H18FOSi. The second-order valence-corrected chi connectivity index (χ2v) is 10.8. The zero-order chi connectivity index (χ0) is 11.5. The summed E-state index contributed by atoms with van der Waals surface area (Å²) in [5, 5.41) is 11.8. The van der Waals surface area contributed by atoms with Gasteiger partial charge >= 0.3 is 0 Å². The minimum Gasteiger partial charge on any atom is -0.228 e. The summed E-state index contributed by atoms with van der Waals surface area (Å²) in [6, 6.07) is 6.93. The fraction of sp³-hybridized carbons (Fsp3) is 0.500. The standard InChI is InChI=1S/C12H18FOSi/c1-15(2,3)9-8-12(14)10-4-6-11(13)7-5-10/h4-7,12H,8-9H2,1-3H3/t12-/m0/s1. The summed E-state index contributed by atoms with van der Waals surface area (Å²) in [7, 11) is -1.14. The van der Waals surface area contributed by atoms with E-state index in [1.54, 1.807) is 12.1 Å². The Morgan fingerprint density at radius 1 is 1.20 bits per heavy atom. The Morgan fingerprint density at radius 2 is 1.73 bits per heavy atom. The molecule has 0 amide bonds. The normalized spacial score (nSPS) is 13.9. The van der Waals surface area contributed by atoms with Crippen LogP contribution in [-0.4, -0.2) is 8.07 Å². The van der Waals surface area contributed by atoms with Gasteiger partial charge in [-0.1, -0.05) is 37.8 Å². The van der Waals surface area contributed by atoms with E-state index in [9.17, 15) is 9.50 Å². The zero-order valence-corrected chi connectivity index (χ0v) is 10.6. The number of benzene rings is 1. The molecule has 0 bridgehead atoms. The maximum absolute atomic E-state index is 12.6. The van der Waals surface area contributed by atoms with Crippen LogP contribution in [0.4, 0.5) is 4.39 Å². The van der Waals surface area contributed by atoms with Crippen LogP contribution in [-0.2, 0) is 5.11 Å². The molecule has 0 saturated carbocycles. The Balaban J connectivity index is 2.54. The average Bonchev–Trinajstić information content (AvgIpc) is 2.14. The van der Waals surface area contributed by atoms with E-state index in [-0.39, 0.29) is 5.82 Å². The van der Waals surface area contributed by atoms with Crippen molar-refractivity contribution < 1.29 is 9.50 Å². The maximum atomic E-state index is 12.6. The first kappa shape index (κ1) is 12.4. The van der Waals surface area contributed by atoms with Gasteiger partial charge < -0.3 is 0 Å². The fourth-order valence-corrected chi connectivity index (χ4v) is 2.54. The Labute approximate surface area is 92.0 Å². The van der Waals surface area contributed by atoms with Gasteiger partial charge in [0.25, 0.3) is 0 Å². The minimum absolute atomic E-state index is 0.281. The van der Waals surface area contributed by atoms with E-state index in [4.69, 9.17) is 0 Å². The van der Waals surface area contributed by atoms with Crippen molar-refractivity contribution in [3.05, 3.63) is 35.6 Å². The molecule has 0 unspecified atom stereocenters. The van der Waals surface area contributed by atoms with Crippen LogP contribution in [0.15, 0.2) is 24.3 Å². The molecule has 1 atom stereocenters. The highest BCUT2D eigenvalue weighted by Gasteiger charge is 2.17. The van der Waals surface area contributed by atoms with Crippen molar-refractivity contribution in [2.75, 3.05) is 0 Å². The topological polar surface area (TPSA) is 19.9 Å². The molecule has 0 saturated heterocycles. The molecule has 0 heterocycles. The third kappa shape index (κ3) is 4.58. The van der Waals surface area contributed by atoms with Crippen LogP contribution in [0.2, 0.25) is 25.7 Å². The Kier molecular flexibility index (Phi) is 4.05. The van der Waals surface area contributed by atoms with Gasteiger partial charge in [-0.15, -0.1) is 0 Å². The second-order valence-electron chi connectivity index (χ2n) is 5.14. The van der Waals surface area contributed by atoms with Crippen LogP contribution in [0.1, 0.15) is 18.1 Å². The molecule has 3 heteroatoms. The first-order chi connectivity index (χ1) is 6.88. The van der Waals surface area contributed by atoms with E-state index in [2.05, 4.69) is 19.6 Å². The first-order valence-corrected chi connectivity index (χ1v) is 9.00. The van der Waals surface area contributed by atoms with Crippen LogP contribution in [0, 0.1) is 5.82 Å². The number of rotatable bonds is 4. The van der Waals surface area contributed by atoms with Crippen molar-refractivity contribution in [3.63, 3.8) is 0 Å². The van der Waals surface area contributed by atoms with Crippen LogP contribution >= 0.6 is 0 Å². The van der Waals surface area contributed by atoms with Crippen molar-refractivity contribution in [3.8, 4) is 0 Å². The summed E-state index contributed by atoms with van der Waals surface area (Å²) in [6.45, 7) is 6.76. The molecule has 0 aliphatic carbocycles. The zero-order valence-electron chi connectivity index (χ0n) is 9.59. The molecule has 1 aromatic rings. The van der Waals surface area contributed by atoms with Crippen LogP contribution in [0.25, 0.3) is 0 Å². The second kappa shape index (κ2) is 4.90. The van der Waals surface area contributed by atoms with Crippen molar-refractivity contribution in [1.29, 1.82) is 0 Å². The summed E-state index contributed by atoms with van der Waals surface area (Å²) in [6.07, 6.45) is -0.0289. The lowest BCUT2D eigenvalue weighted by Crippen LogP contribution is -2.19. The number of hydrogen-bond donors (Lipinski definition) is 0. The molecule has 1 aromatic carbocycles. The highest BCUT2D eigenvalue weighted by Crippen LogP contribution is 2.23. The largest absolute Gasteiger partial charge is 0.228 e. The summed E-state index contributed by atoms with van der Waals surface area (Å²) >= 11 is 0. The quantitative estimate of drug-likeness (QED) is 0.690. The van der Waals surface area contributed by atoms with Crippen molar-refractivity contribution >= 4 is 8.07 Å².